The number of nitrogens with zero attached hydrogens (tertiary/aromatic N) is 3. The quantitative estimate of drug-likeness (QED) is 0.673. The van der Waals surface area contributed by atoms with Gasteiger partial charge in [0.05, 0.1) is 18.2 Å². The van der Waals surface area contributed by atoms with Gasteiger partial charge in [-0.2, -0.15) is 5.10 Å². The van der Waals surface area contributed by atoms with Crippen molar-refractivity contribution in [3.05, 3.63) is 18.2 Å². The highest BCUT2D eigenvalue weighted by molar-refractivity contribution is 5.70. The van der Waals surface area contributed by atoms with Gasteiger partial charge in [0.15, 0.2) is 0 Å². The number of aromatic amines is 1. The van der Waals surface area contributed by atoms with Gasteiger partial charge in [-0.1, -0.05) is 0 Å². The minimum Gasteiger partial charge on any atom is -0.396 e. The van der Waals surface area contributed by atoms with E-state index in [-0.39, 0.29) is 0 Å². The summed E-state index contributed by atoms with van der Waals surface area (Å²) in [6.45, 7) is 1.95. The monoisotopic (exact) mass is 177 g/mol. The minimum absolute atomic E-state index is 0.651. The van der Waals surface area contributed by atoms with Crippen LogP contribution in [0, 0.1) is 6.92 Å². The van der Waals surface area contributed by atoms with Crippen molar-refractivity contribution < 1.29 is 0 Å². The fraction of sp³-hybridized carbons (Fsp3) is 0.250. The van der Waals surface area contributed by atoms with E-state index in [4.69, 9.17) is 5.73 Å². The van der Waals surface area contributed by atoms with E-state index in [1.165, 1.54) is 0 Å². The molecule has 0 saturated carbocycles. The minimum atomic E-state index is 0.651. The van der Waals surface area contributed by atoms with Crippen LogP contribution < -0.4 is 5.73 Å². The largest absolute Gasteiger partial charge is 0.396 e. The second-order valence-electron chi connectivity index (χ2n) is 2.95. The zero-order valence-corrected chi connectivity index (χ0v) is 7.57. The highest BCUT2D eigenvalue weighted by Gasteiger charge is 2.12. The lowest BCUT2D eigenvalue weighted by Crippen LogP contribution is -1.97. The normalized spacial score (nSPS) is 10.6. The first-order valence-corrected chi connectivity index (χ1v) is 3.98. The molecule has 2 rings (SSSR count). The molecule has 0 aromatic carbocycles. The molecule has 0 aliphatic carbocycles. The standard InChI is InChI=1S/C8H11N5/c1-5-7(11-4-10-5)8-6(9)3-12-13(8)2/h3-4H,9H2,1-2H3,(H,10,11). The van der Waals surface area contributed by atoms with Crippen molar-refractivity contribution in [2.24, 2.45) is 7.05 Å². The predicted molar refractivity (Wildman–Crippen MR) is 49.9 cm³/mol. The molecular weight excluding hydrogens is 166 g/mol. The number of hydrogen-bond acceptors (Lipinski definition) is 3. The van der Waals surface area contributed by atoms with E-state index in [1.807, 2.05) is 14.0 Å². The number of nitrogen functional groups attached to an aromatic ring is 1. The number of H-pyrrole nitrogens is 1. The van der Waals surface area contributed by atoms with E-state index < -0.39 is 0 Å². The highest BCUT2D eigenvalue weighted by Crippen LogP contribution is 2.24. The topological polar surface area (TPSA) is 72.5 Å². The summed E-state index contributed by atoms with van der Waals surface area (Å²) < 4.78 is 1.72. The molecule has 0 atom stereocenters. The van der Waals surface area contributed by atoms with Crippen molar-refractivity contribution in [1.29, 1.82) is 0 Å². The maximum atomic E-state index is 5.76. The van der Waals surface area contributed by atoms with Crippen LogP contribution in [0.4, 0.5) is 5.69 Å². The Bertz CT molecular complexity index is 406. The van der Waals surface area contributed by atoms with E-state index in [9.17, 15) is 0 Å². The molecule has 5 nitrogen and oxygen atoms in total. The lowest BCUT2D eigenvalue weighted by molar-refractivity contribution is 0.773. The summed E-state index contributed by atoms with van der Waals surface area (Å²) in [6.07, 6.45) is 3.28. The number of imidazole rings is 1. The van der Waals surface area contributed by atoms with Gasteiger partial charge < -0.3 is 10.7 Å². The molecule has 0 bridgehead atoms. The Morgan fingerprint density at radius 1 is 1.54 bits per heavy atom. The van der Waals surface area contributed by atoms with E-state index >= 15 is 0 Å². The Kier molecular flexibility index (Phi) is 1.58. The first kappa shape index (κ1) is 7.85. The molecule has 13 heavy (non-hydrogen) atoms. The molecule has 2 heterocycles. The number of nitrogens with one attached hydrogen (secondary N) is 1. The second-order valence-corrected chi connectivity index (χ2v) is 2.95. The fourth-order valence-corrected chi connectivity index (χ4v) is 1.34. The maximum Gasteiger partial charge on any atom is 0.111 e. The molecule has 0 aliphatic rings. The Hall–Kier alpha value is -1.78. The molecule has 0 spiro atoms. The second kappa shape index (κ2) is 2.62. The molecular formula is C8H11N5. The molecule has 0 radical (unpaired) electrons. The molecule has 0 unspecified atom stereocenters. The zero-order chi connectivity index (χ0) is 9.42. The number of anilines is 1. The van der Waals surface area contributed by atoms with Crippen molar-refractivity contribution in [3.63, 3.8) is 0 Å². The van der Waals surface area contributed by atoms with Gasteiger partial charge in [-0.25, -0.2) is 4.98 Å². The molecule has 0 amide bonds. The van der Waals surface area contributed by atoms with Crippen LogP contribution in [0.25, 0.3) is 11.4 Å². The summed E-state index contributed by atoms with van der Waals surface area (Å²) in [7, 11) is 1.85. The summed E-state index contributed by atoms with van der Waals surface area (Å²) in [6, 6.07) is 0. The van der Waals surface area contributed by atoms with Crippen LogP contribution in [0.2, 0.25) is 0 Å². The van der Waals surface area contributed by atoms with Crippen molar-refractivity contribution >= 4 is 5.69 Å². The fourth-order valence-electron chi connectivity index (χ4n) is 1.34. The van der Waals surface area contributed by atoms with Gasteiger partial charge in [0.1, 0.15) is 11.4 Å². The molecule has 2 aromatic heterocycles. The van der Waals surface area contributed by atoms with Gasteiger partial charge in [0.2, 0.25) is 0 Å². The van der Waals surface area contributed by atoms with E-state index in [2.05, 4.69) is 15.1 Å². The van der Waals surface area contributed by atoms with Crippen LogP contribution in [-0.4, -0.2) is 19.7 Å². The third kappa shape index (κ3) is 1.09. The molecule has 0 fully saturated rings. The Labute approximate surface area is 75.6 Å². The summed E-state index contributed by atoms with van der Waals surface area (Å²) in [5.41, 5.74) is 9.13. The van der Waals surface area contributed by atoms with Crippen molar-refractivity contribution in [1.82, 2.24) is 19.7 Å². The van der Waals surface area contributed by atoms with Gasteiger partial charge in [-0.3, -0.25) is 4.68 Å². The van der Waals surface area contributed by atoms with Gasteiger partial charge in [0, 0.05) is 12.7 Å². The average molecular weight is 177 g/mol. The Balaban J connectivity index is 2.64. The van der Waals surface area contributed by atoms with Crippen LogP contribution in [0.5, 0.6) is 0 Å². The van der Waals surface area contributed by atoms with Crippen LogP contribution >= 0.6 is 0 Å². The van der Waals surface area contributed by atoms with E-state index in [0.717, 1.165) is 17.1 Å². The summed E-state index contributed by atoms with van der Waals surface area (Å²) in [4.78, 5) is 7.19. The highest BCUT2D eigenvalue weighted by atomic mass is 15.3. The van der Waals surface area contributed by atoms with Gasteiger partial charge in [0.25, 0.3) is 0 Å². The summed E-state index contributed by atoms with van der Waals surface area (Å²) in [5.74, 6) is 0. The number of aryl methyl sites for hydroxylation is 2. The number of aromatic nitrogens is 4. The van der Waals surface area contributed by atoms with Crippen LogP contribution in [-0.2, 0) is 7.05 Å². The third-order valence-electron chi connectivity index (χ3n) is 2.02. The summed E-state index contributed by atoms with van der Waals surface area (Å²) >= 11 is 0. The Morgan fingerprint density at radius 3 is 2.77 bits per heavy atom. The third-order valence-corrected chi connectivity index (χ3v) is 2.02. The lowest BCUT2D eigenvalue weighted by atomic mass is 10.2. The van der Waals surface area contributed by atoms with Crippen LogP contribution in [0.3, 0.4) is 0 Å². The molecule has 5 heteroatoms. The predicted octanol–water partition coefficient (Wildman–Crippen LogP) is 0.701. The van der Waals surface area contributed by atoms with Crippen LogP contribution in [0.15, 0.2) is 12.5 Å². The first-order valence-electron chi connectivity index (χ1n) is 3.98. The zero-order valence-electron chi connectivity index (χ0n) is 7.57. The first-order chi connectivity index (χ1) is 6.20. The van der Waals surface area contributed by atoms with Crippen molar-refractivity contribution in [3.8, 4) is 11.4 Å². The van der Waals surface area contributed by atoms with E-state index in [0.29, 0.717) is 5.69 Å². The van der Waals surface area contributed by atoms with Gasteiger partial charge >= 0.3 is 0 Å². The lowest BCUT2D eigenvalue weighted by Gasteiger charge is -2.00. The Morgan fingerprint density at radius 2 is 2.31 bits per heavy atom. The molecule has 3 N–H and O–H groups in total. The SMILES string of the molecule is Cc1[nH]cnc1-c1c(N)cnn1C. The van der Waals surface area contributed by atoms with Gasteiger partial charge in [-0.05, 0) is 6.92 Å². The van der Waals surface area contributed by atoms with E-state index in [1.54, 1.807) is 17.2 Å². The molecule has 2 aromatic rings. The summed E-state index contributed by atoms with van der Waals surface area (Å²) in [5, 5.41) is 4.05. The molecule has 68 valence electrons. The van der Waals surface area contributed by atoms with Gasteiger partial charge in [-0.15, -0.1) is 0 Å². The van der Waals surface area contributed by atoms with Crippen molar-refractivity contribution in [2.45, 2.75) is 6.92 Å². The number of nitrogens with two attached hydrogens (primary N) is 1. The molecule has 0 aliphatic heterocycles. The number of hydrogen-bond donors (Lipinski definition) is 2. The van der Waals surface area contributed by atoms with Crippen molar-refractivity contribution in [2.75, 3.05) is 5.73 Å². The maximum absolute atomic E-state index is 5.76. The average Bonchev–Trinajstić information content (AvgIpc) is 2.60. The molecule has 0 saturated heterocycles. The number of rotatable bonds is 1. The van der Waals surface area contributed by atoms with Crippen LogP contribution in [0.1, 0.15) is 5.69 Å². The smallest absolute Gasteiger partial charge is 0.111 e.